The Morgan fingerprint density at radius 3 is 2.46 bits per heavy atom. The van der Waals surface area contributed by atoms with Gasteiger partial charge in [-0.3, -0.25) is 4.79 Å². The van der Waals surface area contributed by atoms with Crippen LogP contribution < -0.4 is 5.73 Å². The van der Waals surface area contributed by atoms with Gasteiger partial charge in [0.05, 0.1) is 36.0 Å². The molecule has 1 aliphatic heterocycles. The second-order valence-electron chi connectivity index (χ2n) is 9.67. The van der Waals surface area contributed by atoms with Crippen molar-refractivity contribution in [1.82, 2.24) is 29.0 Å². The number of carbonyl (C=O) groups excluding carboxylic acids is 1. The maximum atomic E-state index is 13.6. The molecule has 5 rings (SSSR count). The highest BCUT2D eigenvalue weighted by Crippen LogP contribution is 2.44. The van der Waals surface area contributed by atoms with Crippen LogP contribution in [-0.4, -0.2) is 58.7 Å². The summed E-state index contributed by atoms with van der Waals surface area (Å²) in [6, 6.07) is 8.90. The SMILES string of the molecule is CC(C)(C)C1C(n2cnc(-c3ccc(F)cc3)c2-c2ccc3ncc(C(N)=O)n3n2)CN1C(=O)O. The van der Waals surface area contributed by atoms with Crippen molar-refractivity contribution < 1.29 is 19.1 Å². The van der Waals surface area contributed by atoms with Crippen LogP contribution in [0.3, 0.4) is 0 Å². The van der Waals surface area contributed by atoms with Gasteiger partial charge in [0.25, 0.3) is 5.91 Å². The molecule has 2 amide bonds. The number of aromatic nitrogens is 5. The molecule has 180 valence electrons. The van der Waals surface area contributed by atoms with Gasteiger partial charge in [0.1, 0.15) is 17.2 Å². The number of fused-ring (bicyclic) bond motifs is 1. The Balaban J connectivity index is 1.71. The smallest absolute Gasteiger partial charge is 0.407 e. The number of rotatable bonds is 4. The summed E-state index contributed by atoms with van der Waals surface area (Å²) in [4.78, 5) is 34.0. The van der Waals surface area contributed by atoms with E-state index in [4.69, 9.17) is 5.73 Å². The Labute approximate surface area is 199 Å². The lowest BCUT2D eigenvalue weighted by Gasteiger charge is -2.53. The fourth-order valence-corrected chi connectivity index (χ4v) is 4.82. The number of benzene rings is 1. The number of likely N-dealkylation sites (tertiary alicyclic amines) is 1. The minimum atomic E-state index is -0.981. The van der Waals surface area contributed by atoms with E-state index in [1.807, 2.05) is 25.3 Å². The number of imidazole rings is 2. The summed E-state index contributed by atoms with van der Waals surface area (Å²) < 4.78 is 16.9. The molecule has 1 aliphatic rings. The predicted octanol–water partition coefficient (Wildman–Crippen LogP) is 3.45. The third kappa shape index (κ3) is 3.69. The Kier molecular flexibility index (Phi) is 5.08. The molecule has 2 atom stereocenters. The van der Waals surface area contributed by atoms with Crippen LogP contribution in [0.25, 0.3) is 28.3 Å². The first kappa shape index (κ1) is 22.5. The molecule has 4 heterocycles. The van der Waals surface area contributed by atoms with E-state index in [0.29, 0.717) is 28.3 Å². The largest absolute Gasteiger partial charge is 0.465 e. The van der Waals surface area contributed by atoms with E-state index in [1.165, 1.54) is 27.7 Å². The maximum absolute atomic E-state index is 13.6. The number of primary amides is 1. The second kappa shape index (κ2) is 7.90. The summed E-state index contributed by atoms with van der Waals surface area (Å²) in [5.41, 5.74) is 8.05. The van der Waals surface area contributed by atoms with Gasteiger partial charge in [0.2, 0.25) is 0 Å². The zero-order valence-electron chi connectivity index (χ0n) is 19.4. The number of amides is 2. The maximum Gasteiger partial charge on any atom is 0.407 e. The van der Waals surface area contributed by atoms with Gasteiger partial charge in [0, 0.05) is 12.1 Å². The number of hydrogen-bond donors (Lipinski definition) is 2. The minimum absolute atomic E-state index is 0.129. The van der Waals surface area contributed by atoms with Gasteiger partial charge in [-0.1, -0.05) is 20.8 Å². The molecular formula is C24H24FN7O3. The molecule has 0 radical (unpaired) electrons. The number of hydrogen-bond acceptors (Lipinski definition) is 5. The summed E-state index contributed by atoms with van der Waals surface area (Å²) >= 11 is 0. The lowest BCUT2D eigenvalue weighted by atomic mass is 9.76. The van der Waals surface area contributed by atoms with Crippen LogP contribution >= 0.6 is 0 Å². The second-order valence-corrected chi connectivity index (χ2v) is 9.67. The molecule has 1 saturated heterocycles. The minimum Gasteiger partial charge on any atom is -0.465 e. The number of nitrogens with two attached hydrogens (primary N) is 1. The average Bonchev–Trinajstić information content (AvgIpc) is 3.36. The lowest BCUT2D eigenvalue weighted by Crippen LogP contribution is -2.63. The van der Waals surface area contributed by atoms with E-state index >= 15 is 0 Å². The van der Waals surface area contributed by atoms with Crippen molar-refractivity contribution in [1.29, 1.82) is 0 Å². The summed E-state index contributed by atoms with van der Waals surface area (Å²) in [6.07, 6.45) is 2.04. The van der Waals surface area contributed by atoms with Crippen LogP contribution in [0.5, 0.6) is 0 Å². The Hall–Kier alpha value is -4.28. The molecular weight excluding hydrogens is 453 g/mol. The first-order chi connectivity index (χ1) is 16.6. The molecule has 2 unspecified atom stereocenters. The highest BCUT2D eigenvalue weighted by atomic mass is 19.1. The molecule has 11 heteroatoms. The quantitative estimate of drug-likeness (QED) is 0.463. The summed E-state index contributed by atoms with van der Waals surface area (Å²) in [7, 11) is 0. The Morgan fingerprint density at radius 1 is 1.11 bits per heavy atom. The topological polar surface area (TPSA) is 132 Å². The van der Waals surface area contributed by atoms with Crippen molar-refractivity contribution >= 4 is 17.6 Å². The predicted molar refractivity (Wildman–Crippen MR) is 125 cm³/mol. The van der Waals surface area contributed by atoms with Gasteiger partial charge < -0.3 is 20.3 Å². The monoisotopic (exact) mass is 477 g/mol. The van der Waals surface area contributed by atoms with Gasteiger partial charge >= 0.3 is 6.09 Å². The molecule has 1 fully saturated rings. The van der Waals surface area contributed by atoms with Crippen molar-refractivity contribution in [2.24, 2.45) is 11.1 Å². The summed E-state index contributed by atoms with van der Waals surface area (Å²) in [5, 5.41) is 14.3. The van der Waals surface area contributed by atoms with Gasteiger partial charge in [0.15, 0.2) is 5.65 Å². The van der Waals surface area contributed by atoms with E-state index in [1.54, 1.807) is 30.6 Å². The Bertz CT molecular complexity index is 1450. The molecule has 0 bridgehead atoms. The first-order valence-corrected chi connectivity index (χ1v) is 11.0. The van der Waals surface area contributed by atoms with E-state index < -0.39 is 12.0 Å². The third-order valence-electron chi connectivity index (χ3n) is 6.34. The van der Waals surface area contributed by atoms with Crippen molar-refractivity contribution in [3.05, 3.63) is 60.4 Å². The van der Waals surface area contributed by atoms with E-state index in [-0.39, 0.29) is 35.6 Å². The standard InChI is InChI=1S/C24H24FN7O3/c1-24(2,3)21-17(11-30(21)23(34)35)31-12-28-19(13-4-6-14(25)7-5-13)20(31)15-8-9-18-27-10-16(22(26)33)32(18)29-15/h4-10,12,17,21H,11H2,1-3H3,(H2,26,33)(H,34,35). The molecule has 0 saturated carbocycles. The van der Waals surface area contributed by atoms with E-state index in [9.17, 15) is 19.1 Å². The third-order valence-corrected chi connectivity index (χ3v) is 6.34. The van der Waals surface area contributed by atoms with Gasteiger partial charge in [-0.25, -0.2) is 23.7 Å². The summed E-state index contributed by atoms with van der Waals surface area (Å²) in [5.74, 6) is -1.04. The normalized spacial score (nSPS) is 18.0. The molecule has 35 heavy (non-hydrogen) atoms. The van der Waals surface area contributed by atoms with Gasteiger partial charge in [-0.2, -0.15) is 5.10 Å². The van der Waals surface area contributed by atoms with Gasteiger partial charge in [-0.05, 0) is 41.8 Å². The van der Waals surface area contributed by atoms with Crippen LogP contribution in [0.1, 0.15) is 37.3 Å². The van der Waals surface area contributed by atoms with E-state index in [2.05, 4.69) is 15.1 Å². The van der Waals surface area contributed by atoms with Crippen molar-refractivity contribution in [2.45, 2.75) is 32.9 Å². The van der Waals surface area contributed by atoms with Crippen molar-refractivity contribution in [3.63, 3.8) is 0 Å². The lowest BCUT2D eigenvalue weighted by molar-refractivity contribution is -0.0269. The van der Waals surface area contributed by atoms with E-state index in [0.717, 1.165) is 0 Å². The van der Waals surface area contributed by atoms with Crippen molar-refractivity contribution in [2.75, 3.05) is 6.54 Å². The number of carboxylic acid groups (broad SMARTS) is 1. The average molecular weight is 478 g/mol. The van der Waals surface area contributed by atoms with Gasteiger partial charge in [-0.15, -0.1) is 0 Å². The number of carbonyl (C=O) groups is 2. The molecule has 0 aliphatic carbocycles. The molecule has 3 aromatic heterocycles. The van der Waals surface area contributed by atoms with Crippen LogP contribution in [0, 0.1) is 11.2 Å². The van der Waals surface area contributed by atoms with Crippen LogP contribution in [0.2, 0.25) is 0 Å². The molecule has 4 aromatic rings. The fourth-order valence-electron chi connectivity index (χ4n) is 4.82. The summed E-state index contributed by atoms with van der Waals surface area (Å²) in [6.45, 7) is 6.26. The molecule has 0 spiro atoms. The highest BCUT2D eigenvalue weighted by molar-refractivity contribution is 5.91. The highest BCUT2D eigenvalue weighted by Gasteiger charge is 2.50. The van der Waals surface area contributed by atoms with Crippen LogP contribution in [0.15, 0.2) is 48.9 Å². The number of nitrogens with zero attached hydrogens (tertiary/aromatic N) is 6. The zero-order valence-corrected chi connectivity index (χ0v) is 19.4. The zero-order chi connectivity index (χ0) is 25.1. The van der Waals surface area contributed by atoms with Crippen LogP contribution in [0.4, 0.5) is 9.18 Å². The van der Waals surface area contributed by atoms with Crippen molar-refractivity contribution in [3.8, 4) is 22.6 Å². The fraction of sp³-hybridized carbons (Fsp3) is 0.292. The molecule has 10 nitrogen and oxygen atoms in total. The number of halogens is 1. The first-order valence-electron chi connectivity index (χ1n) is 11.0. The van der Waals surface area contributed by atoms with Crippen LogP contribution in [-0.2, 0) is 0 Å². The molecule has 1 aromatic carbocycles. The Morgan fingerprint density at radius 2 is 1.83 bits per heavy atom. The molecule has 3 N–H and O–H groups in total.